The quantitative estimate of drug-likeness (QED) is 0.785. The minimum atomic E-state index is -3.79. The molecule has 1 aromatic carbocycles. The van der Waals surface area contributed by atoms with E-state index >= 15 is 0 Å². The molecule has 7 heteroatoms. The van der Waals surface area contributed by atoms with Gasteiger partial charge in [-0.2, -0.15) is 0 Å². The summed E-state index contributed by atoms with van der Waals surface area (Å²) >= 11 is 0. The summed E-state index contributed by atoms with van der Waals surface area (Å²) in [7, 11) is -2.32. The van der Waals surface area contributed by atoms with Crippen molar-refractivity contribution in [1.82, 2.24) is 4.31 Å². The van der Waals surface area contributed by atoms with E-state index in [2.05, 4.69) is 0 Å². The van der Waals surface area contributed by atoms with Gasteiger partial charge in [0.05, 0.1) is 10.5 Å². The van der Waals surface area contributed by atoms with E-state index in [4.69, 9.17) is 10.8 Å². The molecule has 1 saturated carbocycles. The third-order valence-electron chi connectivity index (χ3n) is 3.13. The van der Waals surface area contributed by atoms with E-state index < -0.39 is 16.0 Å². The molecule has 0 radical (unpaired) electrons. The van der Waals surface area contributed by atoms with Crippen LogP contribution < -0.4 is 5.73 Å². The Labute approximate surface area is 111 Å². The fraction of sp³-hybridized carbons (Fsp3) is 0.417. The molecule has 0 heterocycles. The molecule has 0 spiro atoms. The number of anilines is 1. The van der Waals surface area contributed by atoms with Crippen LogP contribution in [0.15, 0.2) is 23.1 Å². The van der Waals surface area contributed by atoms with Gasteiger partial charge in [-0.15, -0.1) is 0 Å². The Bertz CT molecular complexity index is 608. The van der Waals surface area contributed by atoms with Crippen molar-refractivity contribution in [2.24, 2.45) is 5.92 Å². The van der Waals surface area contributed by atoms with Crippen LogP contribution in [0.1, 0.15) is 23.2 Å². The van der Waals surface area contributed by atoms with Crippen molar-refractivity contribution in [3.05, 3.63) is 23.8 Å². The molecule has 0 saturated heterocycles. The first kappa shape index (κ1) is 13.8. The van der Waals surface area contributed by atoms with Gasteiger partial charge >= 0.3 is 5.97 Å². The second kappa shape index (κ2) is 4.82. The number of carboxylic acids is 1. The van der Waals surface area contributed by atoms with E-state index in [9.17, 15) is 13.2 Å². The number of rotatable bonds is 5. The summed E-state index contributed by atoms with van der Waals surface area (Å²) in [6.45, 7) is 0.422. The van der Waals surface area contributed by atoms with Crippen LogP contribution in [-0.4, -0.2) is 37.4 Å². The average Bonchev–Trinajstić information content (AvgIpc) is 3.12. The largest absolute Gasteiger partial charge is 0.478 e. The van der Waals surface area contributed by atoms with E-state index in [1.807, 2.05) is 0 Å². The zero-order valence-corrected chi connectivity index (χ0v) is 11.4. The predicted molar refractivity (Wildman–Crippen MR) is 70.4 cm³/mol. The molecular weight excluding hydrogens is 268 g/mol. The van der Waals surface area contributed by atoms with Crippen LogP contribution in [-0.2, 0) is 10.0 Å². The highest BCUT2D eigenvalue weighted by molar-refractivity contribution is 7.89. The molecule has 0 amide bonds. The van der Waals surface area contributed by atoms with Crippen LogP contribution in [0, 0.1) is 5.92 Å². The summed E-state index contributed by atoms with van der Waals surface area (Å²) in [6, 6.07) is 3.81. The summed E-state index contributed by atoms with van der Waals surface area (Å²) in [4.78, 5) is 10.9. The molecule has 0 bridgehead atoms. The van der Waals surface area contributed by atoms with Crippen molar-refractivity contribution >= 4 is 21.7 Å². The van der Waals surface area contributed by atoms with Gasteiger partial charge in [0.2, 0.25) is 10.0 Å². The summed E-state index contributed by atoms with van der Waals surface area (Å²) in [5.74, 6) is -0.910. The van der Waals surface area contributed by atoms with Crippen LogP contribution in [0.4, 0.5) is 5.69 Å². The first-order valence-corrected chi connectivity index (χ1v) is 7.35. The Balaban J connectivity index is 2.41. The number of nitrogen functional groups attached to an aromatic ring is 1. The van der Waals surface area contributed by atoms with E-state index in [0.717, 1.165) is 12.8 Å². The minimum Gasteiger partial charge on any atom is -0.478 e. The molecule has 0 unspecified atom stereocenters. The van der Waals surface area contributed by atoms with Crippen LogP contribution in [0.3, 0.4) is 0 Å². The van der Waals surface area contributed by atoms with Gasteiger partial charge in [0.15, 0.2) is 0 Å². The highest BCUT2D eigenvalue weighted by Crippen LogP contribution is 2.31. The second-order valence-electron chi connectivity index (χ2n) is 4.79. The van der Waals surface area contributed by atoms with Gasteiger partial charge in [0.25, 0.3) is 0 Å². The van der Waals surface area contributed by atoms with Crippen molar-refractivity contribution in [1.29, 1.82) is 0 Å². The lowest BCUT2D eigenvalue weighted by molar-refractivity contribution is 0.0692. The minimum absolute atomic E-state index is 0.211. The number of hydrogen-bond acceptors (Lipinski definition) is 4. The monoisotopic (exact) mass is 284 g/mol. The summed E-state index contributed by atoms with van der Waals surface area (Å²) < 4.78 is 25.9. The number of nitrogens with two attached hydrogens (primary N) is 1. The molecule has 0 atom stereocenters. The molecule has 1 aromatic rings. The predicted octanol–water partition coefficient (Wildman–Crippen LogP) is 0.997. The van der Waals surface area contributed by atoms with E-state index in [-0.39, 0.29) is 16.1 Å². The Morgan fingerprint density at radius 3 is 2.63 bits per heavy atom. The zero-order chi connectivity index (χ0) is 14.2. The number of hydrogen-bond donors (Lipinski definition) is 2. The van der Waals surface area contributed by atoms with Crippen LogP contribution in [0.5, 0.6) is 0 Å². The normalized spacial score (nSPS) is 15.7. The average molecular weight is 284 g/mol. The molecule has 1 aliphatic carbocycles. The fourth-order valence-corrected chi connectivity index (χ4v) is 3.28. The number of aromatic carboxylic acids is 1. The second-order valence-corrected chi connectivity index (χ2v) is 6.80. The number of sulfonamides is 1. The van der Waals surface area contributed by atoms with Crippen molar-refractivity contribution < 1.29 is 18.3 Å². The molecule has 0 aromatic heterocycles. The zero-order valence-electron chi connectivity index (χ0n) is 10.5. The Morgan fingerprint density at radius 2 is 2.11 bits per heavy atom. The van der Waals surface area contributed by atoms with Gasteiger partial charge in [-0.05, 0) is 37.0 Å². The van der Waals surface area contributed by atoms with E-state index in [0.29, 0.717) is 12.5 Å². The standard InChI is InChI=1S/C12H16N2O4S/c1-14(7-8-2-3-8)19(17,18)11-5-4-9(13)6-10(11)12(15)16/h4-6,8H,2-3,7,13H2,1H3,(H,15,16). The third-order valence-corrected chi connectivity index (χ3v) is 5.02. The van der Waals surface area contributed by atoms with Crippen LogP contribution in [0.25, 0.3) is 0 Å². The maximum Gasteiger partial charge on any atom is 0.337 e. The molecule has 2 rings (SSSR count). The number of carbonyl (C=O) groups is 1. The number of carboxylic acid groups (broad SMARTS) is 1. The maximum atomic E-state index is 12.4. The molecular formula is C12H16N2O4S. The lowest BCUT2D eigenvalue weighted by Crippen LogP contribution is -2.30. The van der Waals surface area contributed by atoms with Gasteiger partial charge in [-0.3, -0.25) is 0 Å². The Kier molecular flexibility index (Phi) is 3.51. The van der Waals surface area contributed by atoms with Gasteiger partial charge in [-0.25, -0.2) is 17.5 Å². The summed E-state index contributed by atoms with van der Waals surface area (Å²) in [5, 5.41) is 9.09. The summed E-state index contributed by atoms with van der Waals surface area (Å²) in [5.41, 5.74) is 5.44. The SMILES string of the molecule is CN(CC1CC1)S(=O)(=O)c1ccc(N)cc1C(=O)O. The molecule has 104 valence electrons. The smallest absolute Gasteiger partial charge is 0.337 e. The lowest BCUT2D eigenvalue weighted by Gasteiger charge is -2.18. The first-order valence-electron chi connectivity index (χ1n) is 5.91. The van der Waals surface area contributed by atoms with Gasteiger partial charge in [-0.1, -0.05) is 0 Å². The fourth-order valence-electron chi connectivity index (χ4n) is 1.87. The highest BCUT2D eigenvalue weighted by atomic mass is 32.2. The maximum absolute atomic E-state index is 12.4. The number of benzene rings is 1. The highest BCUT2D eigenvalue weighted by Gasteiger charge is 2.31. The lowest BCUT2D eigenvalue weighted by atomic mass is 10.2. The molecule has 3 N–H and O–H groups in total. The van der Waals surface area contributed by atoms with Gasteiger partial charge in [0.1, 0.15) is 0 Å². The van der Waals surface area contributed by atoms with Crippen molar-refractivity contribution in [2.45, 2.75) is 17.7 Å². The Morgan fingerprint density at radius 1 is 1.47 bits per heavy atom. The van der Waals surface area contributed by atoms with Crippen molar-refractivity contribution in [3.63, 3.8) is 0 Å². The summed E-state index contributed by atoms with van der Waals surface area (Å²) in [6.07, 6.45) is 2.04. The molecule has 19 heavy (non-hydrogen) atoms. The number of nitrogens with zero attached hydrogens (tertiary/aromatic N) is 1. The first-order chi connectivity index (χ1) is 8.82. The molecule has 0 aliphatic heterocycles. The van der Waals surface area contributed by atoms with E-state index in [1.165, 1.54) is 29.6 Å². The topological polar surface area (TPSA) is 101 Å². The molecule has 6 nitrogen and oxygen atoms in total. The molecule has 1 fully saturated rings. The van der Waals surface area contributed by atoms with Crippen LogP contribution >= 0.6 is 0 Å². The van der Waals surface area contributed by atoms with Crippen LogP contribution in [0.2, 0.25) is 0 Å². The van der Waals surface area contributed by atoms with E-state index in [1.54, 1.807) is 0 Å². The van der Waals surface area contributed by atoms with Gasteiger partial charge < -0.3 is 10.8 Å². The van der Waals surface area contributed by atoms with Gasteiger partial charge in [0, 0.05) is 19.3 Å². The van der Waals surface area contributed by atoms with Crippen molar-refractivity contribution in [2.75, 3.05) is 19.3 Å². The molecule has 1 aliphatic rings. The Hall–Kier alpha value is -1.60. The van der Waals surface area contributed by atoms with Crippen molar-refractivity contribution in [3.8, 4) is 0 Å². The third kappa shape index (κ3) is 2.87.